The van der Waals surface area contributed by atoms with Crippen LogP contribution in [-0.2, 0) is 30.5 Å². The highest BCUT2D eigenvalue weighted by Gasteiger charge is 2.30. The minimum Gasteiger partial charge on any atom is -0.447 e. The number of aryl methyl sites for hydroxylation is 1. The van der Waals surface area contributed by atoms with Crippen LogP contribution in [0.2, 0.25) is 0 Å². The van der Waals surface area contributed by atoms with Gasteiger partial charge in [-0.05, 0) is 48.4 Å². The van der Waals surface area contributed by atoms with Crippen LogP contribution in [0.1, 0.15) is 50.8 Å². The van der Waals surface area contributed by atoms with Crippen LogP contribution in [0.4, 0.5) is 13.2 Å². The number of halogens is 3. The van der Waals surface area contributed by atoms with Gasteiger partial charge in [-0.25, -0.2) is 4.98 Å². The molecule has 1 unspecified atom stereocenters. The monoisotopic (exact) mass is 493 g/mol. The van der Waals surface area contributed by atoms with Crippen LogP contribution in [-0.4, -0.2) is 35.0 Å². The van der Waals surface area contributed by atoms with Crippen molar-refractivity contribution in [2.45, 2.75) is 51.7 Å². The highest BCUT2D eigenvalue weighted by Crippen LogP contribution is 2.30. The van der Waals surface area contributed by atoms with Gasteiger partial charge in [0.2, 0.25) is 5.89 Å². The average Bonchev–Trinajstić information content (AvgIpc) is 3.55. The molecule has 182 valence electrons. The van der Waals surface area contributed by atoms with Crippen molar-refractivity contribution in [3.8, 4) is 0 Å². The summed E-state index contributed by atoms with van der Waals surface area (Å²) in [5.74, 6) is -0.0209. The Labute approximate surface area is 199 Å². The number of alkyl halides is 3. The molecule has 1 aliphatic heterocycles. The first-order valence-electron chi connectivity index (χ1n) is 11.0. The Bertz CT molecular complexity index is 1110. The predicted molar refractivity (Wildman–Crippen MR) is 121 cm³/mol. The molecule has 3 aromatic rings. The van der Waals surface area contributed by atoms with Crippen molar-refractivity contribution in [1.82, 2.24) is 15.2 Å². The van der Waals surface area contributed by atoms with Gasteiger partial charge in [-0.15, -0.1) is 11.3 Å². The third-order valence-corrected chi connectivity index (χ3v) is 6.66. The van der Waals surface area contributed by atoms with E-state index in [1.807, 2.05) is 23.3 Å². The number of thiophene rings is 1. The molecule has 0 bridgehead atoms. The van der Waals surface area contributed by atoms with Gasteiger partial charge in [0.1, 0.15) is 6.26 Å². The van der Waals surface area contributed by atoms with Crippen molar-refractivity contribution in [3.05, 3.63) is 75.1 Å². The number of carbonyl (C=O) groups excluding carboxylic acids is 1. The number of ether oxygens (including phenoxy) is 1. The number of carbonyl (C=O) groups is 1. The SMILES string of the molecule is Cc1ccsc1CN(Cc1cccc(C(F)(F)F)c1)Cc1nc(C(=O)NCC2CCCO2)co1. The van der Waals surface area contributed by atoms with Gasteiger partial charge in [0, 0.05) is 31.1 Å². The van der Waals surface area contributed by atoms with E-state index in [-0.39, 0.29) is 30.8 Å². The lowest BCUT2D eigenvalue weighted by Gasteiger charge is -2.21. The number of benzene rings is 1. The average molecular weight is 494 g/mol. The quantitative estimate of drug-likeness (QED) is 0.445. The zero-order chi connectivity index (χ0) is 24.1. The molecule has 1 aromatic carbocycles. The molecule has 1 amide bonds. The molecule has 3 heterocycles. The third kappa shape index (κ3) is 6.46. The molecule has 6 nitrogen and oxygen atoms in total. The van der Waals surface area contributed by atoms with Gasteiger partial charge in [-0.1, -0.05) is 18.2 Å². The third-order valence-electron chi connectivity index (χ3n) is 5.65. The Morgan fingerprint density at radius 1 is 1.26 bits per heavy atom. The molecule has 0 radical (unpaired) electrons. The first-order chi connectivity index (χ1) is 16.3. The Morgan fingerprint density at radius 3 is 2.82 bits per heavy atom. The molecular weight excluding hydrogens is 467 g/mol. The topological polar surface area (TPSA) is 67.6 Å². The van der Waals surface area contributed by atoms with Gasteiger partial charge in [0.15, 0.2) is 5.69 Å². The van der Waals surface area contributed by atoms with E-state index in [1.165, 1.54) is 12.3 Å². The molecule has 10 heteroatoms. The number of nitrogens with zero attached hydrogens (tertiary/aromatic N) is 2. The van der Waals surface area contributed by atoms with E-state index in [4.69, 9.17) is 9.15 Å². The maximum atomic E-state index is 13.2. The number of hydrogen-bond donors (Lipinski definition) is 1. The van der Waals surface area contributed by atoms with Crippen molar-refractivity contribution in [3.63, 3.8) is 0 Å². The Morgan fingerprint density at radius 2 is 2.12 bits per heavy atom. The second-order valence-corrected chi connectivity index (χ2v) is 9.34. The fraction of sp³-hybridized carbons (Fsp3) is 0.417. The minimum absolute atomic E-state index is 0.0207. The summed E-state index contributed by atoms with van der Waals surface area (Å²) in [4.78, 5) is 19.8. The Kier molecular flexibility index (Phi) is 7.70. The van der Waals surface area contributed by atoms with Crippen LogP contribution in [0.3, 0.4) is 0 Å². The van der Waals surface area contributed by atoms with Crippen LogP contribution < -0.4 is 5.32 Å². The first-order valence-corrected chi connectivity index (χ1v) is 11.9. The molecule has 1 fully saturated rings. The zero-order valence-electron chi connectivity index (χ0n) is 18.7. The van der Waals surface area contributed by atoms with Crippen LogP contribution in [0, 0.1) is 6.92 Å². The number of aromatic nitrogens is 1. The summed E-state index contributed by atoms with van der Waals surface area (Å²) in [6.45, 7) is 4.15. The van der Waals surface area contributed by atoms with E-state index in [0.29, 0.717) is 31.2 Å². The Balaban J connectivity index is 1.45. The van der Waals surface area contributed by atoms with E-state index in [0.717, 1.165) is 35.4 Å². The summed E-state index contributed by atoms with van der Waals surface area (Å²) in [5, 5.41) is 4.79. The molecule has 1 saturated heterocycles. The molecule has 2 aromatic heterocycles. The molecule has 4 rings (SSSR count). The van der Waals surface area contributed by atoms with Crippen molar-refractivity contribution >= 4 is 17.2 Å². The molecular formula is C24H26F3N3O3S. The van der Waals surface area contributed by atoms with Crippen LogP contribution >= 0.6 is 11.3 Å². The number of nitrogens with one attached hydrogen (secondary N) is 1. The lowest BCUT2D eigenvalue weighted by atomic mass is 10.1. The van der Waals surface area contributed by atoms with Crippen molar-refractivity contribution in [2.75, 3.05) is 13.2 Å². The maximum absolute atomic E-state index is 13.2. The summed E-state index contributed by atoms with van der Waals surface area (Å²) in [7, 11) is 0. The molecule has 0 spiro atoms. The summed E-state index contributed by atoms with van der Waals surface area (Å²) in [6.07, 6.45) is -1.18. The smallest absolute Gasteiger partial charge is 0.416 e. The Hall–Kier alpha value is -2.69. The van der Waals surface area contributed by atoms with E-state index < -0.39 is 11.7 Å². The van der Waals surface area contributed by atoms with Gasteiger partial charge < -0.3 is 14.5 Å². The summed E-state index contributed by atoms with van der Waals surface area (Å²) in [6, 6.07) is 7.31. The van der Waals surface area contributed by atoms with Crippen molar-refractivity contribution in [1.29, 1.82) is 0 Å². The molecule has 0 aliphatic carbocycles. The number of rotatable bonds is 9. The van der Waals surface area contributed by atoms with E-state index in [9.17, 15) is 18.0 Å². The fourth-order valence-electron chi connectivity index (χ4n) is 3.82. The highest BCUT2D eigenvalue weighted by molar-refractivity contribution is 7.10. The molecule has 0 saturated carbocycles. The van der Waals surface area contributed by atoms with Gasteiger partial charge >= 0.3 is 6.18 Å². The van der Waals surface area contributed by atoms with E-state index >= 15 is 0 Å². The maximum Gasteiger partial charge on any atom is 0.416 e. The lowest BCUT2D eigenvalue weighted by Crippen LogP contribution is -2.32. The lowest BCUT2D eigenvalue weighted by molar-refractivity contribution is -0.137. The zero-order valence-corrected chi connectivity index (χ0v) is 19.5. The van der Waals surface area contributed by atoms with Gasteiger partial charge in [0.25, 0.3) is 5.91 Å². The van der Waals surface area contributed by atoms with Crippen molar-refractivity contribution < 1.29 is 27.1 Å². The second-order valence-electron chi connectivity index (χ2n) is 8.34. The van der Waals surface area contributed by atoms with Crippen LogP contribution in [0.25, 0.3) is 0 Å². The molecule has 1 aliphatic rings. The number of oxazole rings is 1. The molecule has 1 N–H and O–H groups in total. The van der Waals surface area contributed by atoms with Gasteiger partial charge in [0.05, 0.1) is 18.2 Å². The highest BCUT2D eigenvalue weighted by atomic mass is 32.1. The van der Waals surface area contributed by atoms with Gasteiger partial charge in [-0.3, -0.25) is 9.69 Å². The number of amides is 1. The van der Waals surface area contributed by atoms with E-state index in [1.54, 1.807) is 17.4 Å². The van der Waals surface area contributed by atoms with E-state index in [2.05, 4.69) is 10.3 Å². The largest absolute Gasteiger partial charge is 0.447 e. The van der Waals surface area contributed by atoms with Crippen LogP contribution in [0.15, 0.2) is 46.4 Å². The second kappa shape index (κ2) is 10.7. The van der Waals surface area contributed by atoms with Gasteiger partial charge in [-0.2, -0.15) is 13.2 Å². The van der Waals surface area contributed by atoms with Crippen molar-refractivity contribution in [2.24, 2.45) is 0 Å². The molecule has 34 heavy (non-hydrogen) atoms. The van der Waals surface area contributed by atoms with Crippen LogP contribution in [0.5, 0.6) is 0 Å². The minimum atomic E-state index is -4.40. The number of hydrogen-bond acceptors (Lipinski definition) is 6. The molecule has 1 atom stereocenters. The fourth-order valence-corrected chi connectivity index (χ4v) is 4.77. The summed E-state index contributed by atoms with van der Waals surface area (Å²) in [5.41, 5.74) is 1.13. The standard InChI is InChI=1S/C24H26F3N3O3S/c1-16-7-9-34-21(16)13-30(12-17-4-2-5-18(10-17)24(25,26)27)14-22-29-20(15-33-22)23(31)28-11-19-6-3-8-32-19/h2,4-5,7,9-10,15,19H,3,6,8,11-14H2,1H3,(H,28,31). The first kappa shape index (κ1) is 24.4. The summed E-state index contributed by atoms with van der Waals surface area (Å²) >= 11 is 1.59. The predicted octanol–water partition coefficient (Wildman–Crippen LogP) is 5.17. The normalized spacial score (nSPS) is 16.3. The summed E-state index contributed by atoms with van der Waals surface area (Å²) < 4.78 is 50.5.